The maximum Gasteiger partial charge on any atom is 0.136 e. The number of anilines is 1. The second kappa shape index (κ2) is 5.42. The summed E-state index contributed by atoms with van der Waals surface area (Å²) in [5, 5.41) is 3.40. The molecule has 0 aliphatic carbocycles. The van der Waals surface area contributed by atoms with Gasteiger partial charge in [-0.2, -0.15) is 0 Å². The first kappa shape index (κ1) is 12.9. The van der Waals surface area contributed by atoms with Crippen molar-refractivity contribution in [3.05, 3.63) is 50.0 Å². The fraction of sp³-hybridized carbons (Fsp3) is 0.0909. The summed E-state index contributed by atoms with van der Waals surface area (Å²) < 4.78 is 19.7. The lowest BCUT2D eigenvalue weighted by Gasteiger charge is -2.09. The Morgan fingerprint density at radius 3 is 2.65 bits per heavy atom. The fourth-order valence-corrected chi connectivity index (χ4v) is 2.63. The fourth-order valence-electron chi connectivity index (χ4n) is 1.33. The maximum absolute atomic E-state index is 13.0. The SMILES string of the molecule is Fc1cc(Cl)c(NCc2occc2Br)c(Br)c1. The van der Waals surface area contributed by atoms with Gasteiger partial charge in [0, 0.05) is 4.47 Å². The molecule has 1 aromatic heterocycles. The van der Waals surface area contributed by atoms with Gasteiger partial charge in [-0.3, -0.25) is 0 Å². The van der Waals surface area contributed by atoms with Gasteiger partial charge in [-0.05, 0) is 50.1 Å². The van der Waals surface area contributed by atoms with Gasteiger partial charge in [-0.25, -0.2) is 4.39 Å². The Bertz CT molecular complexity index is 521. The highest BCUT2D eigenvalue weighted by Crippen LogP contribution is 2.32. The average Bonchev–Trinajstić information content (AvgIpc) is 2.62. The highest BCUT2D eigenvalue weighted by atomic mass is 79.9. The highest BCUT2D eigenvalue weighted by Gasteiger charge is 2.09. The van der Waals surface area contributed by atoms with Gasteiger partial charge in [0.1, 0.15) is 11.6 Å². The summed E-state index contributed by atoms with van der Waals surface area (Å²) >= 11 is 12.5. The molecular weight excluding hydrogens is 376 g/mol. The summed E-state index contributed by atoms with van der Waals surface area (Å²) in [6.07, 6.45) is 1.59. The molecule has 0 radical (unpaired) electrons. The molecule has 0 fully saturated rings. The number of hydrogen-bond donors (Lipinski definition) is 1. The van der Waals surface area contributed by atoms with E-state index in [2.05, 4.69) is 37.2 Å². The van der Waals surface area contributed by atoms with Crippen LogP contribution in [0.1, 0.15) is 5.76 Å². The van der Waals surface area contributed by atoms with Crippen LogP contribution in [0, 0.1) is 5.82 Å². The predicted molar refractivity (Wildman–Crippen MR) is 72.8 cm³/mol. The van der Waals surface area contributed by atoms with Crippen molar-refractivity contribution < 1.29 is 8.81 Å². The highest BCUT2D eigenvalue weighted by molar-refractivity contribution is 9.10. The maximum atomic E-state index is 13.0. The van der Waals surface area contributed by atoms with Crippen LogP contribution in [0.15, 0.2) is 37.8 Å². The number of benzene rings is 1. The molecular formula is C11H7Br2ClFNO. The summed E-state index contributed by atoms with van der Waals surface area (Å²) in [6.45, 7) is 0.456. The number of hydrogen-bond acceptors (Lipinski definition) is 2. The molecule has 0 aliphatic heterocycles. The van der Waals surface area contributed by atoms with Gasteiger partial charge in [-0.1, -0.05) is 11.6 Å². The van der Waals surface area contributed by atoms with Gasteiger partial charge in [0.2, 0.25) is 0 Å². The third kappa shape index (κ3) is 3.03. The molecule has 0 atom stereocenters. The Morgan fingerprint density at radius 1 is 1.29 bits per heavy atom. The third-order valence-electron chi connectivity index (χ3n) is 2.12. The summed E-state index contributed by atoms with van der Waals surface area (Å²) in [5.41, 5.74) is 0.636. The molecule has 1 heterocycles. The number of furan rings is 1. The molecule has 2 rings (SSSR count). The van der Waals surface area contributed by atoms with Gasteiger partial charge in [0.15, 0.2) is 0 Å². The summed E-state index contributed by atoms with van der Waals surface area (Å²) in [6, 6.07) is 4.41. The van der Waals surface area contributed by atoms with E-state index in [1.807, 2.05) is 0 Å². The van der Waals surface area contributed by atoms with E-state index in [0.717, 1.165) is 10.2 Å². The summed E-state index contributed by atoms with van der Waals surface area (Å²) in [7, 11) is 0. The summed E-state index contributed by atoms with van der Waals surface area (Å²) in [5.74, 6) is 0.365. The van der Waals surface area contributed by atoms with E-state index in [1.54, 1.807) is 12.3 Å². The molecule has 1 aromatic carbocycles. The zero-order valence-corrected chi connectivity index (χ0v) is 12.4. The van der Waals surface area contributed by atoms with Gasteiger partial charge in [0.25, 0.3) is 0 Å². The van der Waals surface area contributed by atoms with E-state index < -0.39 is 0 Å². The van der Waals surface area contributed by atoms with Crippen LogP contribution in [0.4, 0.5) is 10.1 Å². The first-order chi connectivity index (χ1) is 8.08. The number of nitrogens with one attached hydrogen (secondary N) is 1. The summed E-state index contributed by atoms with van der Waals surface area (Å²) in [4.78, 5) is 0. The zero-order valence-electron chi connectivity index (χ0n) is 8.44. The van der Waals surface area contributed by atoms with Crippen LogP contribution in [0.3, 0.4) is 0 Å². The first-order valence-electron chi connectivity index (χ1n) is 4.68. The van der Waals surface area contributed by atoms with Gasteiger partial charge < -0.3 is 9.73 Å². The molecule has 90 valence electrons. The smallest absolute Gasteiger partial charge is 0.136 e. The average molecular weight is 383 g/mol. The first-order valence-corrected chi connectivity index (χ1v) is 6.64. The van der Waals surface area contributed by atoms with E-state index in [4.69, 9.17) is 16.0 Å². The van der Waals surface area contributed by atoms with E-state index in [-0.39, 0.29) is 5.82 Å². The minimum absolute atomic E-state index is 0.319. The van der Waals surface area contributed by atoms with Crippen LogP contribution < -0.4 is 5.32 Å². The van der Waals surface area contributed by atoms with E-state index >= 15 is 0 Å². The van der Waals surface area contributed by atoms with Crippen LogP contribution >= 0.6 is 43.5 Å². The Hall–Kier alpha value is -0.520. The zero-order chi connectivity index (χ0) is 12.4. The Labute approximate surface area is 119 Å². The minimum Gasteiger partial charge on any atom is -0.466 e. The molecule has 0 bridgehead atoms. The van der Waals surface area contributed by atoms with Crippen LogP contribution in [0.25, 0.3) is 0 Å². The quantitative estimate of drug-likeness (QED) is 0.787. The van der Waals surface area contributed by atoms with Gasteiger partial charge in [-0.15, -0.1) is 0 Å². The Kier molecular flexibility index (Phi) is 4.12. The van der Waals surface area contributed by atoms with Crippen molar-refractivity contribution in [1.29, 1.82) is 0 Å². The Balaban J connectivity index is 2.17. The monoisotopic (exact) mass is 381 g/mol. The van der Waals surface area contributed by atoms with E-state index in [1.165, 1.54) is 12.1 Å². The molecule has 2 aromatic rings. The van der Waals surface area contributed by atoms with Crippen molar-refractivity contribution >= 4 is 49.1 Å². The van der Waals surface area contributed by atoms with Crippen molar-refractivity contribution in [3.63, 3.8) is 0 Å². The standard InChI is InChI=1S/C11H7Br2ClFNO/c12-7-1-2-17-10(7)5-16-11-8(13)3-6(15)4-9(11)14/h1-4,16H,5H2. The molecule has 0 saturated heterocycles. The largest absolute Gasteiger partial charge is 0.466 e. The normalized spacial score (nSPS) is 10.6. The van der Waals surface area contributed by atoms with Crippen molar-refractivity contribution in [2.45, 2.75) is 6.54 Å². The molecule has 0 unspecified atom stereocenters. The van der Waals surface area contributed by atoms with Crippen LogP contribution in [-0.2, 0) is 6.54 Å². The molecule has 0 aliphatic rings. The van der Waals surface area contributed by atoms with E-state index in [9.17, 15) is 4.39 Å². The predicted octanol–water partition coefficient (Wildman–Crippen LogP) is 5.21. The van der Waals surface area contributed by atoms with Crippen LogP contribution in [0.2, 0.25) is 5.02 Å². The van der Waals surface area contributed by atoms with Crippen molar-refractivity contribution in [3.8, 4) is 0 Å². The second-order valence-electron chi connectivity index (χ2n) is 3.29. The lowest BCUT2D eigenvalue weighted by atomic mass is 10.3. The number of halogens is 4. The number of rotatable bonds is 3. The molecule has 2 nitrogen and oxygen atoms in total. The molecule has 0 amide bonds. The van der Waals surface area contributed by atoms with Crippen molar-refractivity contribution in [1.82, 2.24) is 0 Å². The lowest BCUT2D eigenvalue weighted by Crippen LogP contribution is -2.00. The van der Waals surface area contributed by atoms with E-state index in [0.29, 0.717) is 21.7 Å². The van der Waals surface area contributed by atoms with Crippen LogP contribution in [-0.4, -0.2) is 0 Å². The Morgan fingerprint density at radius 2 is 2.06 bits per heavy atom. The van der Waals surface area contributed by atoms with Crippen molar-refractivity contribution in [2.75, 3.05) is 5.32 Å². The molecule has 17 heavy (non-hydrogen) atoms. The lowest BCUT2D eigenvalue weighted by molar-refractivity contribution is 0.516. The molecule has 0 spiro atoms. The van der Waals surface area contributed by atoms with Crippen molar-refractivity contribution in [2.24, 2.45) is 0 Å². The third-order valence-corrected chi connectivity index (χ3v) is 3.75. The van der Waals surface area contributed by atoms with Gasteiger partial charge in [0.05, 0.1) is 28.0 Å². The minimum atomic E-state index is -0.383. The topological polar surface area (TPSA) is 25.2 Å². The molecule has 1 N–H and O–H groups in total. The molecule has 6 heteroatoms. The van der Waals surface area contributed by atoms with Gasteiger partial charge >= 0.3 is 0 Å². The van der Waals surface area contributed by atoms with Crippen LogP contribution in [0.5, 0.6) is 0 Å². The molecule has 0 saturated carbocycles. The second-order valence-corrected chi connectivity index (χ2v) is 5.41.